The maximum absolute atomic E-state index is 12.7. The lowest BCUT2D eigenvalue weighted by atomic mass is 9.96. The number of fused-ring (bicyclic) bond motifs is 1. The lowest BCUT2D eigenvalue weighted by Crippen LogP contribution is -2.46. The predicted octanol–water partition coefficient (Wildman–Crippen LogP) is 3.92. The molecule has 1 aromatic heterocycles. The second kappa shape index (κ2) is 8.70. The van der Waals surface area contributed by atoms with Gasteiger partial charge in [0, 0.05) is 35.7 Å². The van der Waals surface area contributed by atoms with E-state index in [1.807, 2.05) is 53.4 Å². The molecule has 0 bridgehead atoms. The van der Waals surface area contributed by atoms with Gasteiger partial charge in [-0.3, -0.25) is 9.59 Å². The van der Waals surface area contributed by atoms with Crippen LogP contribution >= 0.6 is 11.6 Å². The number of piperidine rings is 1. The molecule has 0 radical (unpaired) electrons. The number of benzene rings is 2. The molecule has 0 aliphatic carbocycles. The minimum Gasteiger partial charge on any atom is -0.357 e. The number of rotatable bonds is 6. The number of aromatic nitrogens is 1. The Bertz CT molecular complexity index is 979. The highest BCUT2D eigenvalue weighted by atomic mass is 35.5. The van der Waals surface area contributed by atoms with Gasteiger partial charge in [0.15, 0.2) is 0 Å². The molecule has 2 aromatic carbocycles. The lowest BCUT2D eigenvalue weighted by molar-refractivity contribution is -0.138. The third-order valence-corrected chi connectivity index (χ3v) is 5.75. The van der Waals surface area contributed by atoms with Crippen LogP contribution < -0.4 is 5.32 Å². The maximum Gasteiger partial charge on any atom is 0.225 e. The molecule has 5 nitrogen and oxygen atoms in total. The quantitative estimate of drug-likeness (QED) is 0.648. The molecule has 1 aliphatic rings. The molecule has 2 amide bonds. The van der Waals surface area contributed by atoms with Crippen LogP contribution in [0.5, 0.6) is 0 Å². The van der Waals surface area contributed by atoms with E-state index in [0.717, 1.165) is 28.6 Å². The number of nitrogens with one attached hydrogen (secondary N) is 2. The molecule has 2 N–H and O–H groups in total. The fourth-order valence-corrected chi connectivity index (χ4v) is 3.94. The highest BCUT2D eigenvalue weighted by Crippen LogP contribution is 2.20. The van der Waals surface area contributed by atoms with Crippen LogP contribution in [0.3, 0.4) is 0 Å². The second-order valence-electron chi connectivity index (χ2n) is 7.55. The van der Waals surface area contributed by atoms with E-state index in [4.69, 9.17) is 11.6 Å². The Kier molecular flexibility index (Phi) is 5.86. The van der Waals surface area contributed by atoms with Gasteiger partial charge >= 0.3 is 0 Å². The monoisotopic (exact) mass is 409 g/mol. The van der Waals surface area contributed by atoms with Crippen molar-refractivity contribution in [2.45, 2.75) is 25.8 Å². The fourth-order valence-electron chi connectivity index (χ4n) is 3.82. The van der Waals surface area contributed by atoms with Gasteiger partial charge in [0.05, 0.1) is 12.5 Å². The Morgan fingerprint density at radius 1 is 1.17 bits per heavy atom. The Labute approximate surface area is 175 Å². The van der Waals surface area contributed by atoms with Crippen molar-refractivity contribution in [1.29, 1.82) is 0 Å². The largest absolute Gasteiger partial charge is 0.357 e. The Hall–Kier alpha value is -2.79. The molecular formula is C23H24ClN3O2. The summed E-state index contributed by atoms with van der Waals surface area (Å²) >= 11 is 5.92. The summed E-state index contributed by atoms with van der Waals surface area (Å²) in [6.45, 7) is 1.56. The van der Waals surface area contributed by atoms with Crippen LogP contribution in [0, 0.1) is 5.92 Å². The molecule has 3 aromatic rings. The molecule has 2 heterocycles. The van der Waals surface area contributed by atoms with E-state index in [2.05, 4.69) is 16.4 Å². The number of hydrogen-bond donors (Lipinski definition) is 2. The van der Waals surface area contributed by atoms with Crippen molar-refractivity contribution in [2.75, 3.05) is 13.1 Å². The number of H-pyrrole nitrogens is 1. The summed E-state index contributed by atoms with van der Waals surface area (Å²) in [7, 11) is 0. The predicted molar refractivity (Wildman–Crippen MR) is 115 cm³/mol. The number of carbonyl (C=O) groups is 2. The van der Waals surface area contributed by atoms with Gasteiger partial charge in [-0.2, -0.15) is 0 Å². The normalized spacial score (nSPS) is 16.9. The van der Waals surface area contributed by atoms with Crippen LogP contribution in [0.25, 0.3) is 10.9 Å². The Morgan fingerprint density at radius 3 is 2.76 bits per heavy atom. The molecule has 4 rings (SSSR count). The van der Waals surface area contributed by atoms with Gasteiger partial charge in [-0.25, -0.2) is 0 Å². The van der Waals surface area contributed by atoms with Gasteiger partial charge in [-0.1, -0.05) is 41.9 Å². The Morgan fingerprint density at radius 2 is 1.97 bits per heavy atom. The molecule has 0 spiro atoms. The minimum absolute atomic E-state index is 0.00708. The van der Waals surface area contributed by atoms with Crippen molar-refractivity contribution in [3.8, 4) is 0 Å². The smallest absolute Gasteiger partial charge is 0.225 e. The van der Waals surface area contributed by atoms with Gasteiger partial charge in [0.25, 0.3) is 0 Å². The van der Waals surface area contributed by atoms with E-state index in [1.165, 1.54) is 0 Å². The zero-order valence-corrected chi connectivity index (χ0v) is 16.9. The number of para-hydroxylation sites is 1. The number of carbonyl (C=O) groups excluding carboxylic acids is 2. The molecule has 0 saturated carbocycles. The summed E-state index contributed by atoms with van der Waals surface area (Å²) < 4.78 is 0. The van der Waals surface area contributed by atoms with Gasteiger partial charge in [-0.05, 0) is 48.1 Å². The number of likely N-dealkylation sites (tertiary alicyclic amines) is 1. The van der Waals surface area contributed by atoms with E-state index in [9.17, 15) is 9.59 Å². The summed E-state index contributed by atoms with van der Waals surface area (Å²) in [6, 6.07) is 17.8. The molecule has 1 aliphatic heterocycles. The first-order chi connectivity index (χ1) is 14.1. The topological polar surface area (TPSA) is 65.2 Å². The van der Waals surface area contributed by atoms with E-state index in [1.54, 1.807) is 0 Å². The maximum atomic E-state index is 12.7. The van der Waals surface area contributed by atoms with Crippen molar-refractivity contribution >= 4 is 34.3 Å². The van der Waals surface area contributed by atoms with E-state index in [0.29, 0.717) is 37.5 Å². The summed E-state index contributed by atoms with van der Waals surface area (Å²) in [5.74, 6) is -0.0337. The standard InChI is InChI=1S/C23H24ClN3O2/c24-19-8-5-16(6-9-19)11-12-27-15-18(7-10-22(27)28)23(29)25-14-20-13-17-3-1-2-4-21(17)26-20/h1-6,8-9,13,18,26H,7,10-12,14-15H2,(H,25,29). The number of halogens is 1. The first-order valence-electron chi connectivity index (χ1n) is 9.95. The highest BCUT2D eigenvalue weighted by Gasteiger charge is 2.29. The Balaban J connectivity index is 1.31. The van der Waals surface area contributed by atoms with Crippen molar-refractivity contribution in [2.24, 2.45) is 5.92 Å². The van der Waals surface area contributed by atoms with Crippen LogP contribution in [0.1, 0.15) is 24.1 Å². The summed E-state index contributed by atoms with van der Waals surface area (Å²) in [5, 5.41) is 4.86. The average molecular weight is 410 g/mol. The molecule has 150 valence electrons. The SMILES string of the molecule is O=C(NCc1cc2ccccc2[nH]1)C1CCC(=O)N(CCc2ccc(Cl)cc2)C1. The van der Waals surface area contributed by atoms with E-state index < -0.39 is 0 Å². The first-order valence-corrected chi connectivity index (χ1v) is 10.3. The van der Waals surface area contributed by atoms with Crippen molar-refractivity contribution in [1.82, 2.24) is 15.2 Å². The molecule has 1 saturated heterocycles. The van der Waals surface area contributed by atoms with Crippen LogP contribution in [0.2, 0.25) is 5.02 Å². The van der Waals surface area contributed by atoms with Gasteiger partial charge < -0.3 is 15.2 Å². The minimum atomic E-state index is -0.165. The van der Waals surface area contributed by atoms with Crippen LogP contribution in [0.4, 0.5) is 0 Å². The summed E-state index contributed by atoms with van der Waals surface area (Å²) in [4.78, 5) is 30.1. The number of nitrogens with zero attached hydrogens (tertiary/aromatic N) is 1. The third-order valence-electron chi connectivity index (χ3n) is 5.49. The molecule has 29 heavy (non-hydrogen) atoms. The summed E-state index contributed by atoms with van der Waals surface area (Å²) in [5.41, 5.74) is 3.17. The molecule has 1 atom stereocenters. The zero-order chi connectivity index (χ0) is 20.2. The van der Waals surface area contributed by atoms with Crippen molar-refractivity contribution in [3.63, 3.8) is 0 Å². The van der Waals surface area contributed by atoms with Gasteiger partial charge in [0.2, 0.25) is 11.8 Å². The van der Waals surface area contributed by atoms with Crippen molar-refractivity contribution in [3.05, 3.63) is 70.9 Å². The van der Waals surface area contributed by atoms with Crippen LogP contribution in [-0.2, 0) is 22.6 Å². The molecular weight excluding hydrogens is 386 g/mol. The van der Waals surface area contributed by atoms with Crippen LogP contribution in [-0.4, -0.2) is 34.8 Å². The van der Waals surface area contributed by atoms with Gasteiger partial charge in [0.1, 0.15) is 0 Å². The van der Waals surface area contributed by atoms with Crippen LogP contribution in [0.15, 0.2) is 54.6 Å². The zero-order valence-electron chi connectivity index (χ0n) is 16.2. The van der Waals surface area contributed by atoms with Crippen molar-refractivity contribution < 1.29 is 9.59 Å². The third kappa shape index (κ3) is 4.80. The van der Waals surface area contributed by atoms with E-state index >= 15 is 0 Å². The number of aromatic amines is 1. The lowest BCUT2D eigenvalue weighted by Gasteiger charge is -2.32. The second-order valence-corrected chi connectivity index (χ2v) is 7.99. The summed E-state index contributed by atoms with van der Waals surface area (Å²) in [6.07, 6.45) is 1.78. The average Bonchev–Trinajstić information content (AvgIpc) is 3.15. The fraction of sp³-hybridized carbons (Fsp3) is 0.304. The molecule has 1 unspecified atom stereocenters. The van der Waals surface area contributed by atoms with Gasteiger partial charge in [-0.15, -0.1) is 0 Å². The first kappa shape index (κ1) is 19.5. The highest BCUT2D eigenvalue weighted by molar-refractivity contribution is 6.30. The number of hydrogen-bond acceptors (Lipinski definition) is 2. The molecule has 1 fully saturated rings. The molecule has 6 heteroatoms. The van der Waals surface area contributed by atoms with E-state index in [-0.39, 0.29) is 17.7 Å². The number of amides is 2.